The van der Waals surface area contributed by atoms with Gasteiger partial charge in [-0.15, -0.1) is 0 Å². The van der Waals surface area contributed by atoms with Gasteiger partial charge in [-0.3, -0.25) is 4.79 Å². The molecular formula is C15H22N2O4. The van der Waals surface area contributed by atoms with Gasteiger partial charge < -0.3 is 20.5 Å². The highest BCUT2D eigenvalue weighted by atomic mass is 16.5. The number of hydrogen-bond donors (Lipinski definition) is 3. The Morgan fingerprint density at radius 3 is 2.33 bits per heavy atom. The van der Waals surface area contributed by atoms with Crippen LogP contribution in [0.2, 0.25) is 0 Å². The molecule has 0 saturated heterocycles. The lowest BCUT2D eigenvalue weighted by molar-refractivity contribution is -0.139. The number of aliphatic carboxylic acids is 1. The van der Waals surface area contributed by atoms with Gasteiger partial charge in [0.15, 0.2) is 6.61 Å². The molecule has 0 spiro atoms. The SMILES string of the molecule is CC(C)(C)NCCC(=O)Nc1ccc(OCC(=O)O)cc1. The summed E-state index contributed by atoms with van der Waals surface area (Å²) in [5, 5.41) is 14.5. The summed E-state index contributed by atoms with van der Waals surface area (Å²) in [5.41, 5.74) is 0.641. The monoisotopic (exact) mass is 294 g/mol. The molecule has 0 aliphatic carbocycles. The summed E-state index contributed by atoms with van der Waals surface area (Å²) in [6, 6.07) is 6.58. The number of amides is 1. The maximum absolute atomic E-state index is 11.7. The van der Waals surface area contributed by atoms with E-state index in [0.717, 1.165) is 0 Å². The minimum absolute atomic E-state index is 0.0105. The van der Waals surface area contributed by atoms with Gasteiger partial charge in [-0.1, -0.05) is 0 Å². The van der Waals surface area contributed by atoms with E-state index in [0.29, 0.717) is 24.4 Å². The van der Waals surface area contributed by atoms with E-state index in [-0.39, 0.29) is 18.1 Å². The van der Waals surface area contributed by atoms with Crippen LogP contribution >= 0.6 is 0 Å². The molecule has 21 heavy (non-hydrogen) atoms. The third kappa shape index (κ3) is 7.94. The molecule has 116 valence electrons. The molecular weight excluding hydrogens is 272 g/mol. The molecule has 0 fully saturated rings. The lowest BCUT2D eigenvalue weighted by Gasteiger charge is -2.20. The first kappa shape index (κ1) is 17.0. The van der Waals surface area contributed by atoms with Crippen molar-refractivity contribution < 1.29 is 19.4 Å². The number of hydrogen-bond acceptors (Lipinski definition) is 4. The number of anilines is 1. The molecule has 1 aromatic carbocycles. The Morgan fingerprint density at radius 1 is 1.19 bits per heavy atom. The highest BCUT2D eigenvalue weighted by Gasteiger charge is 2.09. The van der Waals surface area contributed by atoms with Crippen molar-refractivity contribution in [3.05, 3.63) is 24.3 Å². The maximum Gasteiger partial charge on any atom is 0.341 e. The number of carbonyl (C=O) groups excluding carboxylic acids is 1. The van der Waals surface area contributed by atoms with E-state index in [1.807, 2.05) is 20.8 Å². The topological polar surface area (TPSA) is 87.7 Å². The molecule has 0 atom stereocenters. The average Bonchev–Trinajstić information content (AvgIpc) is 2.36. The fourth-order valence-electron chi connectivity index (χ4n) is 1.55. The summed E-state index contributed by atoms with van der Waals surface area (Å²) in [4.78, 5) is 22.1. The number of benzene rings is 1. The van der Waals surface area contributed by atoms with Gasteiger partial charge in [0.25, 0.3) is 0 Å². The van der Waals surface area contributed by atoms with Crippen molar-refractivity contribution in [3.63, 3.8) is 0 Å². The first-order valence-electron chi connectivity index (χ1n) is 6.76. The summed E-state index contributed by atoms with van der Waals surface area (Å²) in [6.07, 6.45) is 0.383. The second-order valence-corrected chi connectivity index (χ2v) is 5.68. The van der Waals surface area contributed by atoms with Crippen LogP contribution < -0.4 is 15.4 Å². The predicted molar refractivity (Wildman–Crippen MR) is 80.6 cm³/mol. The molecule has 0 aliphatic heterocycles. The second kappa shape index (κ2) is 7.64. The Morgan fingerprint density at radius 2 is 1.81 bits per heavy atom. The first-order valence-corrected chi connectivity index (χ1v) is 6.76. The van der Waals surface area contributed by atoms with Gasteiger partial charge in [-0.2, -0.15) is 0 Å². The molecule has 0 unspecified atom stereocenters. The van der Waals surface area contributed by atoms with Crippen LogP contribution in [0.25, 0.3) is 0 Å². The highest BCUT2D eigenvalue weighted by molar-refractivity contribution is 5.90. The van der Waals surface area contributed by atoms with Crippen LogP contribution in [0.15, 0.2) is 24.3 Å². The van der Waals surface area contributed by atoms with Crippen molar-refractivity contribution in [2.75, 3.05) is 18.5 Å². The normalized spacial score (nSPS) is 11.0. The van der Waals surface area contributed by atoms with Gasteiger partial charge in [0.2, 0.25) is 5.91 Å². The van der Waals surface area contributed by atoms with Crippen LogP contribution in [-0.4, -0.2) is 35.7 Å². The smallest absolute Gasteiger partial charge is 0.341 e. The third-order valence-electron chi connectivity index (χ3n) is 2.51. The van der Waals surface area contributed by atoms with Gasteiger partial charge in [0.1, 0.15) is 5.75 Å². The lowest BCUT2D eigenvalue weighted by atomic mass is 10.1. The number of ether oxygens (including phenoxy) is 1. The Bertz CT molecular complexity index is 477. The van der Waals surface area contributed by atoms with E-state index in [4.69, 9.17) is 9.84 Å². The van der Waals surface area contributed by atoms with E-state index < -0.39 is 5.97 Å². The Balaban J connectivity index is 2.37. The van der Waals surface area contributed by atoms with Gasteiger partial charge in [-0.05, 0) is 45.0 Å². The Kier molecular flexibility index (Phi) is 6.17. The van der Waals surface area contributed by atoms with Crippen LogP contribution in [0.4, 0.5) is 5.69 Å². The van der Waals surface area contributed by atoms with Crippen molar-refractivity contribution in [3.8, 4) is 5.75 Å². The molecule has 6 nitrogen and oxygen atoms in total. The molecule has 1 aromatic rings. The fraction of sp³-hybridized carbons (Fsp3) is 0.467. The molecule has 1 amide bonds. The number of carboxylic acid groups (broad SMARTS) is 1. The summed E-state index contributed by atoms with van der Waals surface area (Å²) in [6.45, 7) is 6.35. The van der Waals surface area contributed by atoms with Crippen LogP contribution in [-0.2, 0) is 9.59 Å². The molecule has 0 radical (unpaired) electrons. The Labute approximate surface area is 124 Å². The van der Waals surface area contributed by atoms with E-state index >= 15 is 0 Å². The molecule has 0 bridgehead atoms. The quantitative estimate of drug-likeness (QED) is 0.714. The van der Waals surface area contributed by atoms with Crippen LogP contribution in [0, 0.1) is 0 Å². The first-order chi connectivity index (χ1) is 9.76. The summed E-state index contributed by atoms with van der Waals surface area (Å²) in [5.74, 6) is -0.658. The molecule has 0 aliphatic rings. The Hall–Kier alpha value is -2.08. The van der Waals surface area contributed by atoms with Crippen molar-refractivity contribution in [1.82, 2.24) is 5.32 Å². The zero-order chi connectivity index (χ0) is 15.9. The van der Waals surface area contributed by atoms with E-state index in [1.165, 1.54) is 0 Å². The van der Waals surface area contributed by atoms with Crippen LogP contribution in [0.5, 0.6) is 5.75 Å². The molecule has 6 heteroatoms. The molecule has 0 heterocycles. The third-order valence-corrected chi connectivity index (χ3v) is 2.51. The number of nitrogens with one attached hydrogen (secondary N) is 2. The predicted octanol–water partition coefficient (Wildman–Crippen LogP) is 1.87. The van der Waals surface area contributed by atoms with Gasteiger partial charge in [-0.25, -0.2) is 4.79 Å². The minimum atomic E-state index is -1.03. The van der Waals surface area contributed by atoms with E-state index in [9.17, 15) is 9.59 Å². The van der Waals surface area contributed by atoms with Crippen LogP contribution in [0.1, 0.15) is 27.2 Å². The average molecular weight is 294 g/mol. The second-order valence-electron chi connectivity index (χ2n) is 5.68. The largest absolute Gasteiger partial charge is 0.482 e. The summed E-state index contributed by atoms with van der Waals surface area (Å²) < 4.78 is 5.01. The summed E-state index contributed by atoms with van der Waals surface area (Å²) in [7, 11) is 0. The van der Waals surface area contributed by atoms with Crippen molar-refractivity contribution in [1.29, 1.82) is 0 Å². The summed E-state index contributed by atoms with van der Waals surface area (Å²) >= 11 is 0. The molecule has 1 rings (SSSR count). The molecule has 0 saturated carbocycles. The van der Waals surface area contributed by atoms with Gasteiger partial charge in [0.05, 0.1) is 0 Å². The zero-order valence-electron chi connectivity index (χ0n) is 12.6. The number of carboxylic acids is 1. The van der Waals surface area contributed by atoms with Crippen molar-refractivity contribution in [2.45, 2.75) is 32.7 Å². The molecule has 3 N–H and O–H groups in total. The minimum Gasteiger partial charge on any atom is -0.482 e. The van der Waals surface area contributed by atoms with E-state index in [2.05, 4.69) is 10.6 Å². The van der Waals surface area contributed by atoms with Gasteiger partial charge >= 0.3 is 5.97 Å². The maximum atomic E-state index is 11.7. The highest BCUT2D eigenvalue weighted by Crippen LogP contribution is 2.15. The standard InChI is InChI=1S/C15H22N2O4/c1-15(2,3)16-9-8-13(18)17-11-4-6-12(7-5-11)21-10-14(19)20/h4-7,16H,8-10H2,1-3H3,(H,17,18)(H,19,20). The number of carbonyl (C=O) groups is 2. The number of rotatable bonds is 7. The van der Waals surface area contributed by atoms with Crippen LogP contribution in [0.3, 0.4) is 0 Å². The van der Waals surface area contributed by atoms with Crippen molar-refractivity contribution in [2.24, 2.45) is 0 Å². The lowest BCUT2D eigenvalue weighted by Crippen LogP contribution is -2.37. The van der Waals surface area contributed by atoms with Gasteiger partial charge in [0, 0.05) is 24.2 Å². The molecule has 0 aromatic heterocycles. The fourth-order valence-corrected chi connectivity index (χ4v) is 1.55. The van der Waals surface area contributed by atoms with Crippen molar-refractivity contribution >= 4 is 17.6 Å². The van der Waals surface area contributed by atoms with E-state index in [1.54, 1.807) is 24.3 Å². The zero-order valence-corrected chi connectivity index (χ0v) is 12.6.